The Labute approximate surface area is 172 Å². The first-order valence-electron chi connectivity index (χ1n) is 8.61. The van der Waals surface area contributed by atoms with Gasteiger partial charge in [-0.25, -0.2) is 13.4 Å². The zero-order chi connectivity index (χ0) is 19.9. The summed E-state index contributed by atoms with van der Waals surface area (Å²) in [5.41, 5.74) is 2.21. The maximum absolute atomic E-state index is 13.0. The Morgan fingerprint density at radius 2 is 1.89 bits per heavy atom. The summed E-state index contributed by atoms with van der Waals surface area (Å²) in [5, 5.41) is 0.153. The van der Waals surface area contributed by atoms with Gasteiger partial charge >= 0.3 is 0 Å². The molecule has 4 rings (SSSR count). The fourth-order valence-electron chi connectivity index (χ4n) is 3.01. The van der Waals surface area contributed by atoms with Crippen molar-refractivity contribution >= 4 is 39.5 Å². The predicted molar refractivity (Wildman–Crippen MR) is 109 cm³/mol. The van der Waals surface area contributed by atoms with Crippen LogP contribution in [0.15, 0.2) is 41.4 Å². The summed E-state index contributed by atoms with van der Waals surface area (Å²) in [6.45, 7) is 3.27. The first kappa shape index (κ1) is 19.4. The lowest BCUT2D eigenvalue weighted by atomic mass is 10.2. The SMILES string of the molecule is Cc1ccn2c(=S)nc(-c3ccc(Cl)c(S(=O)(=O)N4CCOCC4)c3)nc2c1. The van der Waals surface area contributed by atoms with Crippen molar-refractivity contribution in [1.29, 1.82) is 0 Å². The quantitative estimate of drug-likeness (QED) is 0.587. The number of nitrogens with zero attached hydrogens (tertiary/aromatic N) is 4. The Kier molecular flexibility index (Phi) is 5.19. The number of sulfonamides is 1. The molecule has 3 heterocycles. The van der Waals surface area contributed by atoms with Crippen molar-refractivity contribution in [3.05, 3.63) is 51.9 Å². The maximum atomic E-state index is 13.0. The molecule has 1 aliphatic heterocycles. The number of hydrogen-bond acceptors (Lipinski definition) is 6. The molecule has 0 N–H and O–H groups in total. The molecule has 0 aliphatic carbocycles. The van der Waals surface area contributed by atoms with Gasteiger partial charge in [-0.15, -0.1) is 0 Å². The van der Waals surface area contributed by atoms with E-state index in [9.17, 15) is 8.42 Å². The zero-order valence-corrected chi connectivity index (χ0v) is 17.4. The van der Waals surface area contributed by atoms with E-state index in [1.807, 2.05) is 25.3 Å². The van der Waals surface area contributed by atoms with Crippen LogP contribution in [0.3, 0.4) is 0 Å². The molecule has 1 fully saturated rings. The molecule has 0 amide bonds. The highest BCUT2D eigenvalue weighted by molar-refractivity contribution is 7.89. The first-order valence-corrected chi connectivity index (χ1v) is 10.8. The van der Waals surface area contributed by atoms with E-state index in [-0.39, 0.29) is 9.92 Å². The Hall–Kier alpha value is -1.91. The Morgan fingerprint density at radius 1 is 1.14 bits per heavy atom. The molecular weight excluding hydrogens is 420 g/mol. The molecule has 0 spiro atoms. The largest absolute Gasteiger partial charge is 0.379 e. The summed E-state index contributed by atoms with van der Waals surface area (Å²) >= 11 is 11.6. The van der Waals surface area contributed by atoms with Crippen LogP contribution in [-0.2, 0) is 14.8 Å². The predicted octanol–water partition coefficient (Wildman–Crippen LogP) is 3.11. The Morgan fingerprint density at radius 3 is 2.64 bits per heavy atom. The van der Waals surface area contributed by atoms with Gasteiger partial charge in [0.1, 0.15) is 10.5 Å². The molecule has 146 valence electrons. The van der Waals surface area contributed by atoms with E-state index in [1.54, 1.807) is 16.5 Å². The van der Waals surface area contributed by atoms with Gasteiger partial charge in [-0.05, 0) is 55.0 Å². The number of benzene rings is 1. The fourth-order valence-corrected chi connectivity index (χ4v) is 5.16. The minimum Gasteiger partial charge on any atom is -0.379 e. The summed E-state index contributed by atoms with van der Waals surface area (Å²) in [6, 6.07) is 8.55. The van der Waals surface area contributed by atoms with Gasteiger partial charge in [-0.2, -0.15) is 9.29 Å². The van der Waals surface area contributed by atoms with Gasteiger partial charge in [-0.1, -0.05) is 11.6 Å². The summed E-state index contributed by atoms with van der Waals surface area (Å²) in [5.74, 6) is 0.352. The molecule has 0 radical (unpaired) electrons. The second-order valence-electron chi connectivity index (χ2n) is 6.42. The number of rotatable bonds is 3. The van der Waals surface area contributed by atoms with Gasteiger partial charge in [0.15, 0.2) is 5.82 Å². The molecule has 0 bridgehead atoms. The third-order valence-electron chi connectivity index (χ3n) is 4.50. The highest BCUT2D eigenvalue weighted by atomic mass is 35.5. The van der Waals surface area contributed by atoms with Gasteiger partial charge in [-0.3, -0.25) is 4.40 Å². The molecule has 28 heavy (non-hydrogen) atoms. The van der Waals surface area contributed by atoms with E-state index in [0.717, 1.165) is 5.56 Å². The molecule has 10 heteroatoms. The van der Waals surface area contributed by atoms with Gasteiger partial charge in [0, 0.05) is 24.8 Å². The molecule has 1 saturated heterocycles. The smallest absolute Gasteiger partial charge is 0.244 e. The number of ether oxygens (including phenoxy) is 1. The van der Waals surface area contributed by atoms with E-state index >= 15 is 0 Å². The number of halogens is 1. The first-order chi connectivity index (χ1) is 13.4. The van der Waals surface area contributed by atoms with Crippen LogP contribution in [0.1, 0.15) is 5.56 Å². The van der Waals surface area contributed by atoms with Crippen molar-refractivity contribution < 1.29 is 13.2 Å². The second-order valence-corrected chi connectivity index (χ2v) is 9.10. The van der Waals surface area contributed by atoms with E-state index in [0.29, 0.717) is 48.1 Å². The Balaban J connectivity index is 1.83. The molecule has 1 aliphatic rings. The maximum Gasteiger partial charge on any atom is 0.244 e. The van der Waals surface area contributed by atoms with Gasteiger partial charge in [0.05, 0.1) is 18.2 Å². The third kappa shape index (κ3) is 3.56. The molecule has 1 aromatic carbocycles. The van der Waals surface area contributed by atoms with Crippen molar-refractivity contribution in [2.24, 2.45) is 0 Å². The number of aryl methyl sites for hydroxylation is 1. The molecule has 2 aromatic heterocycles. The van der Waals surface area contributed by atoms with Crippen LogP contribution >= 0.6 is 23.8 Å². The summed E-state index contributed by atoms with van der Waals surface area (Å²) < 4.78 is 34.7. The van der Waals surface area contributed by atoms with Crippen molar-refractivity contribution in [1.82, 2.24) is 18.7 Å². The topological polar surface area (TPSA) is 76.8 Å². The normalized spacial score (nSPS) is 15.8. The van der Waals surface area contributed by atoms with Crippen molar-refractivity contribution in [2.75, 3.05) is 26.3 Å². The molecule has 0 saturated carbocycles. The molecule has 3 aromatic rings. The minimum atomic E-state index is -3.75. The van der Waals surface area contributed by atoms with Crippen LogP contribution in [0.4, 0.5) is 0 Å². The third-order valence-corrected chi connectivity index (χ3v) is 7.16. The van der Waals surface area contributed by atoms with E-state index < -0.39 is 10.0 Å². The van der Waals surface area contributed by atoms with Crippen molar-refractivity contribution in [3.8, 4) is 11.4 Å². The average Bonchev–Trinajstić information content (AvgIpc) is 2.68. The monoisotopic (exact) mass is 436 g/mol. The van der Waals surface area contributed by atoms with E-state index in [4.69, 9.17) is 28.6 Å². The Bertz CT molecular complexity index is 1220. The van der Waals surface area contributed by atoms with Crippen LogP contribution in [-0.4, -0.2) is 53.4 Å². The number of hydrogen-bond donors (Lipinski definition) is 0. The summed E-state index contributed by atoms with van der Waals surface area (Å²) in [6.07, 6.45) is 1.81. The highest BCUT2D eigenvalue weighted by Crippen LogP contribution is 2.29. The highest BCUT2D eigenvalue weighted by Gasteiger charge is 2.29. The molecule has 0 atom stereocenters. The number of pyridine rings is 1. The number of morpholine rings is 1. The summed E-state index contributed by atoms with van der Waals surface area (Å²) in [4.78, 5) is 8.94. The standard InChI is InChI=1S/C18H17ClN4O3S2/c1-12-4-5-23-16(10-12)20-17(21-18(23)27)13-2-3-14(19)15(11-13)28(24,25)22-6-8-26-9-7-22/h2-5,10-11H,6-9H2,1H3. The van der Waals surface area contributed by atoms with Gasteiger partial charge in [0.25, 0.3) is 0 Å². The van der Waals surface area contributed by atoms with Gasteiger partial charge < -0.3 is 4.74 Å². The zero-order valence-electron chi connectivity index (χ0n) is 15.0. The van der Waals surface area contributed by atoms with Crippen molar-refractivity contribution in [2.45, 2.75) is 11.8 Å². The van der Waals surface area contributed by atoms with Crippen molar-refractivity contribution in [3.63, 3.8) is 0 Å². The minimum absolute atomic E-state index is 0.0278. The number of fused-ring (bicyclic) bond motifs is 1. The van der Waals surface area contributed by atoms with Crippen LogP contribution in [0, 0.1) is 11.7 Å². The molecule has 0 unspecified atom stereocenters. The lowest BCUT2D eigenvalue weighted by molar-refractivity contribution is 0.0730. The van der Waals surface area contributed by atoms with Crippen LogP contribution in [0.2, 0.25) is 5.02 Å². The second kappa shape index (κ2) is 7.49. The molecular formula is C18H17ClN4O3S2. The van der Waals surface area contributed by atoms with E-state index in [1.165, 1.54) is 10.4 Å². The fraction of sp³-hybridized carbons (Fsp3) is 0.278. The van der Waals surface area contributed by atoms with E-state index in [2.05, 4.69) is 9.97 Å². The van der Waals surface area contributed by atoms with Crippen LogP contribution < -0.4 is 0 Å². The lowest BCUT2D eigenvalue weighted by Crippen LogP contribution is -2.40. The average molecular weight is 437 g/mol. The summed E-state index contributed by atoms with van der Waals surface area (Å²) in [7, 11) is -3.75. The number of aromatic nitrogens is 3. The molecule has 7 nitrogen and oxygen atoms in total. The van der Waals surface area contributed by atoms with Gasteiger partial charge in [0.2, 0.25) is 14.8 Å². The van der Waals surface area contributed by atoms with Crippen LogP contribution in [0.25, 0.3) is 17.0 Å². The lowest BCUT2D eigenvalue weighted by Gasteiger charge is -2.26. The van der Waals surface area contributed by atoms with Crippen LogP contribution in [0.5, 0.6) is 0 Å².